The van der Waals surface area contributed by atoms with Crippen LogP contribution in [-0.2, 0) is 0 Å². The standard InChI is InChI=1S/C56H48N2/c1-11-33-57(34-12-1)41-29-31-51-53(37-41)55(49-25-9-7-23-47(49)45-27-15-19-39-17-3-5-21-43(39)45)52-32-30-42(58-35-13-2-14-36-58)38-54(52)56(51)50-26-10-8-24-48(50)46-28-16-20-40-18-4-6-22-44(40)46/h3-10,15-32,37-38H,1-2,11-14,33-36H2. The van der Waals surface area contributed by atoms with Gasteiger partial charge in [0.25, 0.3) is 0 Å². The van der Waals surface area contributed by atoms with Crippen molar-refractivity contribution in [1.29, 1.82) is 0 Å². The van der Waals surface area contributed by atoms with Crippen LogP contribution in [0.1, 0.15) is 38.5 Å². The van der Waals surface area contributed by atoms with Crippen LogP contribution in [-0.4, -0.2) is 26.2 Å². The van der Waals surface area contributed by atoms with E-state index in [1.807, 2.05) is 0 Å². The molecule has 2 saturated heterocycles. The maximum Gasteiger partial charge on any atom is 0.0372 e. The number of anilines is 2. The smallest absolute Gasteiger partial charge is 0.0372 e. The van der Waals surface area contributed by atoms with Crippen LogP contribution in [0.25, 0.3) is 87.6 Å². The number of piperidine rings is 2. The lowest BCUT2D eigenvalue weighted by atomic mass is 9.81. The van der Waals surface area contributed by atoms with Gasteiger partial charge in [0.05, 0.1) is 0 Å². The molecule has 0 saturated carbocycles. The summed E-state index contributed by atoms with van der Waals surface area (Å²) >= 11 is 0. The van der Waals surface area contributed by atoms with Crippen LogP contribution in [0.5, 0.6) is 0 Å². The Morgan fingerprint density at radius 2 is 0.621 bits per heavy atom. The molecular formula is C56H48N2. The van der Waals surface area contributed by atoms with Gasteiger partial charge in [-0.2, -0.15) is 0 Å². The maximum atomic E-state index is 2.62. The van der Waals surface area contributed by atoms with Gasteiger partial charge in [-0.05, 0) is 150 Å². The second-order valence-corrected chi connectivity index (χ2v) is 16.4. The molecule has 9 aromatic carbocycles. The zero-order chi connectivity index (χ0) is 38.4. The van der Waals surface area contributed by atoms with Crippen LogP contribution in [0.3, 0.4) is 0 Å². The van der Waals surface area contributed by atoms with E-state index in [4.69, 9.17) is 0 Å². The molecule has 0 spiro atoms. The van der Waals surface area contributed by atoms with Crippen molar-refractivity contribution >= 4 is 54.5 Å². The highest BCUT2D eigenvalue weighted by Crippen LogP contribution is 2.50. The van der Waals surface area contributed by atoms with Gasteiger partial charge < -0.3 is 9.80 Å². The normalized spacial score (nSPS) is 14.8. The molecule has 0 amide bonds. The summed E-state index contributed by atoms with van der Waals surface area (Å²) in [5.41, 5.74) is 13.0. The van der Waals surface area contributed by atoms with Gasteiger partial charge in [0.2, 0.25) is 0 Å². The summed E-state index contributed by atoms with van der Waals surface area (Å²) in [6.07, 6.45) is 7.61. The van der Waals surface area contributed by atoms with E-state index in [0.717, 1.165) is 26.2 Å². The van der Waals surface area contributed by atoms with E-state index in [-0.39, 0.29) is 0 Å². The van der Waals surface area contributed by atoms with Crippen molar-refractivity contribution in [2.24, 2.45) is 0 Å². The van der Waals surface area contributed by atoms with Crippen LogP contribution in [0.15, 0.2) is 170 Å². The highest BCUT2D eigenvalue weighted by molar-refractivity contribution is 6.25. The Balaban J connectivity index is 1.27. The first-order valence-electron chi connectivity index (χ1n) is 21.5. The topological polar surface area (TPSA) is 6.48 Å². The predicted molar refractivity (Wildman–Crippen MR) is 250 cm³/mol. The third-order valence-electron chi connectivity index (χ3n) is 13.1. The van der Waals surface area contributed by atoms with E-state index in [9.17, 15) is 0 Å². The van der Waals surface area contributed by atoms with Gasteiger partial charge in [0.1, 0.15) is 0 Å². The minimum absolute atomic E-state index is 1.11. The Morgan fingerprint density at radius 3 is 1.07 bits per heavy atom. The molecular weight excluding hydrogens is 701 g/mol. The quantitative estimate of drug-likeness (QED) is 0.156. The monoisotopic (exact) mass is 748 g/mol. The fourth-order valence-electron chi connectivity index (χ4n) is 10.3. The van der Waals surface area contributed by atoms with Gasteiger partial charge >= 0.3 is 0 Å². The molecule has 282 valence electrons. The molecule has 0 N–H and O–H groups in total. The van der Waals surface area contributed by atoms with Gasteiger partial charge in [-0.1, -0.05) is 146 Å². The fraction of sp³-hybridized carbons (Fsp3) is 0.179. The highest BCUT2D eigenvalue weighted by atomic mass is 15.1. The molecule has 2 aliphatic heterocycles. The number of benzene rings is 9. The molecule has 2 heterocycles. The van der Waals surface area contributed by atoms with Crippen molar-refractivity contribution in [3.63, 3.8) is 0 Å². The minimum atomic E-state index is 1.11. The molecule has 2 heteroatoms. The van der Waals surface area contributed by atoms with E-state index in [1.54, 1.807) is 0 Å². The van der Waals surface area contributed by atoms with Crippen LogP contribution < -0.4 is 9.80 Å². The number of hydrogen-bond donors (Lipinski definition) is 0. The fourth-order valence-corrected chi connectivity index (χ4v) is 10.3. The maximum absolute atomic E-state index is 2.62. The van der Waals surface area contributed by atoms with Crippen LogP contribution in [0, 0.1) is 0 Å². The number of rotatable bonds is 6. The first-order valence-corrected chi connectivity index (χ1v) is 21.5. The summed E-state index contributed by atoms with van der Waals surface area (Å²) in [7, 11) is 0. The second kappa shape index (κ2) is 14.8. The minimum Gasteiger partial charge on any atom is -0.372 e. The number of hydrogen-bond acceptors (Lipinski definition) is 2. The summed E-state index contributed by atoms with van der Waals surface area (Å²) in [6.45, 7) is 4.43. The lowest BCUT2D eigenvalue weighted by Crippen LogP contribution is -2.29. The Kier molecular flexibility index (Phi) is 8.92. The molecule has 2 aliphatic rings. The van der Waals surface area contributed by atoms with Crippen molar-refractivity contribution in [2.45, 2.75) is 38.5 Å². The Labute approximate surface area is 342 Å². The first kappa shape index (κ1) is 34.8. The summed E-state index contributed by atoms with van der Waals surface area (Å²) in [5, 5.41) is 10.3. The van der Waals surface area contributed by atoms with Crippen molar-refractivity contribution < 1.29 is 0 Å². The highest BCUT2D eigenvalue weighted by Gasteiger charge is 2.24. The van der Waals surface area contributed by atoms with Gasteiger partial charge in [0.15, 0.2) is 0 Å². The third kappa shape index (κ3) is 6.02. The molecule has 0 aliphatic carbocycles. The molecule has 11 rings (SSSR count). The summed E-state index contributed by atoms with van der Waals surface area (Å²) in [6, 6.07) is 64.4. The summed E-state index contributed by atoms with van der Waals surface area (Å²) in [4.78, 5) is 5.24. The SMILES string of the molecule is c1ccc(-c2c3ccc(N4CCCCC4)cc3c(-c3ccccc3-c3cccc4ccccc34)c3ccc(N4CCCCC4)cc23)c(-c2cccc3ccccc23)c1. The lowest BCUT2D eigenvalue weighted by molar-refractivity contribution is 0.578. The molecule has 0 atom stereocenters. The van der Waals surface area contributed by atoms with Gasteiger partial charge in [-0.15, -0.1) is 0 Å². The zero-order valence-corrected chi connectivity index (χ0v) is 33.1. The Hall–Kier alpha value is -6.38. The molecule has 0 unspecified atom stereocenters. The number of nitrogens with zero attached hydrogens (tertiary/aromatic N) is 2. The molecule has 0 aromatic heterocycles. The summed E-state index contributed by atoms with van der Waals surface area (Å²) < 4.78 is 0. The van der Waals surface area contributed by atoms with E-state index in [0.29, 0.717) is 0 Å². The third-order valence-corrected chi connectivity index (χ3v) is 13.1. The van der Waals surface area contributed by atoms with Crippen LogP contribution >= 0.6 is 0 Å². The van der Waals surface area contributed by atoms with Crippen molar-refractivity contribution in [1.82, 2.24) is 0 Å². The van der Waals surface area contributed by atoms with Crippen molar-refractivity contribution in [3.8, 4) is 44.5 Å². The molecule has 0 bridgehead atoms. The van der Waals surface area contributed by atoms with Crippen LogP contribution in [0.4, 0.5) is 11.4 Å². The Bertz CT molecular complexity index is 2770. The van der Waals surface area contributed by atoms with Gasteiger partial charge in [-0.25, -0.2) is 0 Å². The van der Waals surface area contributed by atoms with Crippen molar-refractivity contribution in [3.05, 3.63) is 170 Å². The van der Waals surface area contributed by atoms with Crippen LogP contribution in [0.2, 0.25) is 0 Å². The molecule has 2 fully saturated rings. The molecule has 0 radical (unpaired) electrons. The average Bonchev–Trinajstić information content (AvgIpc) is 3.30. The van der Waals surface area contributed by atoms with Gasteiger partial charge in [0, 0.05) is 37.6 Å². The van der Waals surface area contributed by atoms with E-state index < -0.39 is 0 Å². The van der Waals surface area contributed by atoms with Crippen molar-refractivity contribution in [2.75, 3.05) is 36.0 Å². The Morgan fingerprint density at radius 1 is 0.259 bits per heavy atom. The zero-order valence-electron chi connectivity index (χ0n) is 33.1. The number of fused-ring (bicyclic) bond motifs is 4. The van der Waals surface area contributed by atoms with E-state index >= 15 is 0 Å². The predicted octanol–water partition coefficient (Wildman–Crippen LogP) is 14.9. The first-order chi connectivity index (χ1) is 28.8. The van der Waals surface area contributed by atoms with E-state index in [1.165, 1.54) is 137 Å². The average molecular weight is 749 g/mol. The largest absolute Gasteiger partial charge is 0.372 e. The van der Waals surface area contributed by atoms with Gasteiger partial charge in [-0.3, -0.25) is 0 Å². The molecule has 2 nitrogen and oxygen atoms in total. The second-order valence-electron chi connectivity index (χ2n) is 16.4. The van der Waals surface area contributed by atoms with E-state index in [2.05, 4.69) is 180 Å². The molecule has 9 aromatic rings. The molecule has 58 heavy (non-hydrogen) atoms. The summed E-state index contributed by atoms with van der Waals surface area (Å²) in [5.74, 6) is 0. The lowest BCUT2D eigenvalue weighted by Gasteiger charge is -2.31.